The van der Waals surface area contributed by atoms with Gasteiger partial charge in [-0.1, -0.05) is 17.8 Å². The lowest BCUT2D eigenvalue weighted by Gasteiger charge is -2.19. The van der Waals surface area contributed by atoms with Gasteiger partial charge in [-0.3, -0.25) is 4.98 Å². The third kappa shape index (κ3) is 6.50. The number of pyridine rings is 1. The minimum absolute atomic E-state index is 0.00440. The van der Waals surface area contributed by atoms with Gasteiger partial charge in [0.2, 0.25) is 0 Å². The topological polar surface area (TPSA) is 52.9 Å². The predicted molar refractivity (Wildman–Crippen MR) is 121 cm³/mol. The maximum atomic E-state index is 13.2. The molecule has 0 saturated heterocycles. The Kier molecular flexibility index (Phi) is 8.20. The number of oxime groups is 1. The lowest BCUT2D eigenvalue weighted by atomic mass is 10.1. The van der Waals surface area contributed by atoms with Crippen molar-refractivity contribution in [3.05, 3.63) is 64.5 Å². The first-order valence-electron chi connectivity index (χ1n) is 11.2. The molecule has 1 unspecified atom stereocenters. The molecule has 0 amide bonds. The van der Waals surface area contributed by atoms with Crippen LogP contribution in [-0.4, -0.2) is 23.4 Å². The molecule has 0 radical (unpaired) electrons. The molecule has 1 aromatic heterocycles. The van der Waals surface area contributed by atoms with Gasteiger partial charge in [0.15, 0.2) is 0 Å². The number of benzene rings is 1. The van der Waals surface area contributed by atoms with Gasteiger partial charge in [-0.15, -0.1) is 0 Å². The number of ether oxygens (including phenoxy) is 2. The number of alkyl halides is 6. The van der Waals surface area contributed by atoms with Crippen LogP contribution in [0.4, 0.5) is 26.3 Å². The molecule has 1 aliphatic rings. The van der Waals surface area contributed by atoms with Crippen molar-refractivity contribution in [1.82, 2.24) is 4.98 Å². The summed E-state index contributed by atoms with van der Waals surface area (Å²) in [7, 11) is 0. The van der Waals surface area contributed by atoms with Gasteiger partial charge in [-0.25, -0.2) is 0 Å². The molecule has 1 aliphatic carbocycles. The quantitative estimate of drug-likeness (QED) is 0.213. The third-order valence-corrected chi connectivity index (χ3v) is 5.78. The molecule has 0 spiro atoms. The summed E-state index contributed by atoms with van der Waals surface area (Å²) in [6, 6.07) is 1.17. The van der Waals surface area contributed by atoms with Gasteiger partial charge < -0.3 is 14.3 Å². The molecular weight excluding hydrogens is 490 g/mol. The first-order chi connectivity index (χ1) is 16.8. The van der Waals surface area contributed by atoms with E-state index in [0.29, 0.717) is 54.1 Å². The lowest BCUT2D eigenvalue weighted by molar-refractivity contribution is -0.143. The van der Waals surface area contributed by atoms with Crippen LogP contribution in [0, 0.1) is 20.8 Å². The maximum Gasteiger partial charge on any atom is 0.416 e. The van der Waals surface area contributed by atoms with Crippen LogP contribution >= 0.6 is 0 Å². The summed E-state index contributed by atoms with van der Waals surface area (Å²) in [4.78, 5) is 10.0. The van der Waals surface area contributed by atoms with Crippen molar-refractivity contribution in [1.29, 1.82) is 0 Å². The Morgan fingerprint density at radius 2 is 1.67 bits per heavy atom. The van der Waals surface area contributed by atoms with Crippen molar-refractivity contribution in [3.63, 3.8) is 0 Å². The van der Waals surface area contributed by atoms with Crippen LogP contribution in [-0.2, 0) is 23.8 Å². The largest absolute Gasteiger partial charge is 0.489 e. The molecule has 1 aromatic carbocycles. The number of hydrogen-bond donors (Lipinski definition) is 0. The van der Waals surface area contributed by atoms with Crippen molar-refractivity contribution in [2.24, 2.45) is 5.16 Å². The summed E-state index contributed by atoms with van der Waals surface area (Å²) in [6.07, 6.45) is -7.73. The summed E-state index contributed by atoms with van der Waals surface area (Å²) in [5, 5.41) is 4.10. The van der Waals surface area contributed by atoms with Crippen LogP contribution in [0.5, 0.6) is 11.5 Å². The van der Waals surface area contributed by atoms with Gasteiger partial charge in [0.25, 0.3) is 0 Å². The Balaban J connectivity index is 1.80. The summed E-state index contributed by atoms with van der Waals surface area (Å²) in [5.41, 5.74) is 0.498. The highest BCUT2D eigenvalue weighted by atomic mass is 19.4. The van der Waals surface area contributed by atoms with E-state index < -0.39 is 35.3 Å². The maximum absolute atomic E-state index is 13.2. The van der Waals surface area contributed by atoms with Gasteiger partial charge in [-0.05, 0) is 58.2 Å². The van der Waals surface area contributed by atoms with E-state index in [9.17, 15) is 26.3 Å². The third-order valence-electron chi connectivity index (χ3n) is 5.78. The van der Waals surface area contributed by atoms with Crippen LogP contribution < -0.4 is 9.47 Å². The molecule has 0 aliphatic heterocycles. The van der Waals surface area contributed by atoms with Crippen LogP contribution in [0.1, 0.15) is 52.9 Å². The van der Waals surface area contributed by atoms with E-state index >= 15 is 0 Å². The lowest BCUT2D eigenvalue weighted by Crippen LogP contribution is -2.22. The Morgan fingerprint density at radius 1 is 1.03 bits per heavy atom. The molecule has 196 valence electrons. The number of aryl methyl sites for hydroxylation is 2. The molecular formula is C25H26F6N2O3. The highest BCUT2D eigenvalue weighted by Crippen LogP contribution is 2.39. The zero-order valence-electron chi connectivity index (χ0n) is 20.0. The fourth-order valence-electron chi connectivity index (χ4n) is 3.83. The van der Waals surface area contributed by atoms with E-state index in [-0.39, 0.29) is 19.3 Å². The minimum atomic E-state index is -4.96. The van der Waals surface area contributed by atoms with Crippen LogP contribution in [0.25, 0.3) is 0 Å². The van der Waals surface area contributed by atoms with Gasteiger partial charge >= 0.3 is 12.4 Å². The van der Waals surface area contributed by atoms with E-state index in [0.717, 1.165) is 11.3 Å². The zero-order valence-corrected chi connectivity index (χ0v) is 20.0. The molecule has 1 fully saturated rings. The summed E-state index contributed by atoms with van der Waals surface area (Å²) < 4.78 is 90.3. The number of nitrogens with zero attached hydrogens (tertiary/aromatic N) is 2. The molecule has 5 nitrogen and oxygen atoms in total. The first kappa shape index (κ1) is 27.3. The van der Waals surface area contributed by atoms with E-state index in [4.69, 9.17) is 14.3 Å². The SMILES string of the molecule is C=CCOc1c(C)c(C)nc(C)c1CO/N=C1/CCCC1Oc1cc(C(F)(F)F)cc(C(F)(F)F)c1. The molecule has 36 heavy (non-hydrogen) atoms. The van der Waals surface area contributed by atoms with Crippen molar-refractivity contribution in [2.45, 2.75) is 65.1 Å². The van der Waals surface area contributed by atoms with Gasteiger partial charge in [0.1, 0.15) is 30.8 Å². The predicted octanol–water partition coefficient (Wildman–Crippen LogP) is 7.11. The summed E-state index contributed by atoms with van der Waals surface area (Å²) >= 11 is 0. The van der Waals surface area contributed by atoms with Crippen LogP contribution in [0.2, 0.25) is 0 Å². The number of rotatable bonds is 8. The number of halogens is 6. The Morgan fingerprint density at radius 3 is 2.25 bits per heavy atom. The smallest absolute Gasteiger partial charge is 0.416 e. The van der Waals surface area contributed by atoms with Crippen molar-refractivity contribution in [3.8, 4) is 11.5 Å². The van der Waals surface area contributed by atoms with E-state index in [1.54, 1.807) is 13.0 Å². The Labute approximate surface area is 204 Å². The second kappa shape index (κ2) is 10.8. The van der Waals surface area contributed by atoms with Crippen molar-refractivity contribution < 1.29 is 40.7 Å². The average molecular weight is 516 g/mol. The van der Waals surface area contributed by atoms with Crippen molar-refractivity contribution in [2.75, 3.05) is 6.61 Å². The first-order valence-corrected chi connectivity index (χ1v) is 11.2. The Bertz CT molecular complexity index is 1110. The fraction of sp³-hybridized carbons (Fsp3) is 0.440. The number of hydrogen-bond acceptors (Lipinski definition) is 5. The molecule has 3 rings (SSSR count). The Hall–Kier alpha value is -3.24. The molecule has 0 N–H and O–H groups in total. The molecule has 1 atom stereocenters. The molecule has 1 saturated carbocycles. The molecule has 0 bridgehead atoms. The van der Waals surface area contributed by atoms with E-state index in [2.05, 4.69) is 16.7 Å². The molecule has 1 heterocycles. The second-order valence-corrected chi connectivity index (χ2v) is 8.41. The van der Waals surface area contributed by atoms with E-state index in [1.165, 1.54) is 0 Å². The normalized spacial score (nSPS) is 17.4. The monoisotopic (exact) mass is 516 g/mol. The van der Waals surface area contributed by atoms with Crippen molar-refractivity contribution >= 4 is 5.71 Å². The molecule has 11 heteroatoms. The highest BCUT2D eigenvalue weighted by molar-refractivity contribution is 5.90. The zero-order chi connectivity index (χ0) is 26.7. The van der Waals surface area contributed by atoms with Crippen LogP contribution in [0.3, 0.4) is 0 Å². The highest BCUT2D eigenvalue weighted by Gasteiger charge is 2.38. The van der Waals surface area contributed by atoms with Gasteiger partial charge in [0, 0.05) is 17.0 Å². The summed E-state index contributed by atoms with van der Waals surface area (Å²) in [5.74, 6) is 0.0639. The van der Waals surface area contributed by atoms with Crippen LogP contribution in [0.15, 0.2) is 36.0 Å². The standard InChI is InChI=1S/C25H26F6N2O3/c1-5-9-34-23-14(2)15(3)32-16(4)20(23)13-35-33-21-7-6-8-22(21)36-19-11-17(24(26,27)28)10-18(12-19)25(29,30)31/h5,10-12,22H,1,6-9,13H2,2-4H3/b33-21-. The van der Waals surface area contributed by atoms with E-state index in [1.807, 2.05) is 13.8 Å². The second-order valence-electron chi connectivity index (χ2n) is 8.41. The fourth-order valence-corrected chi connectivity index (χ4v) is 3.83. The minimum Gasteiger partial charge on any atom is -0.489 e. The summed E-state index contributed by atoms with van der Waals surface area (Å²) in [6.45, 7) is 9.44. The van der Waals surface area contributed by atoms with Gasteiger partial charge in [-0.2, -0.15) is 26.3 Å². The van der Waals surface area contributed by atoms with Gasteiger partial charge in [0.05, 0.1) is 22.4 Å². The molecule has 2 aromatic rings. The average Bonchev–Trinajstić information content (AvgIpc) is 3.22. The number of aromatic nitrogens is 1.